The molecule has 4 aromatic rings. The second kappa shape index (κ2) is 6.85. The van der Waals surface area contributed by atoms with Gasteiger partial charge in [-0.15, -0.1) is 5.10 Å². The number of rotatable bonds is 4. The van der Waals surface area contributed by atoms with Crippen LogP contribution in [0.1, 0.15) is 16.1 Å². The molecule has 128 valence electrons. The lowest BCUT2D eigenvalue weighted by molar-refractivity contribution is 0.102. The van der Waals surface area contributed by atoms with Crippen molar-refractivity contribution in [2.24, 2.45) is 0 Å². The van der Waals surface area contributed by atoms with Gasteiger partial charge in [0.1, 0.15) is 0 Å². The molecule has 0 saturated heterocycles. The van der Waals surface area contributed by atoms with Gasteiger partial charge in [-0.25, -0.2) is 0 Å². The highest BCUT2D eigenvalue weighted by Gasteiger charge is 2.13. The molecule has 8 heteroatoms. The Morgan fingerprint density at radius 2 is 1.96 bits per heavy atom. The summed E-state index contributed by atoms with van der Waals surface area (Å²) in [7, 11) is 0. The van der Waals surface area contributed by atoms with Gasteiger partial charge in [-0.05, 0) is 36.7 Å². The van der Waals surface area contributed by atoms with Crippen LogP contribution in [0.5, 0.6) is 0 Å². The van der Waals surface area contributed by atoms with Gasteiger partial charge in [-0.1, -0.05) is 45.5 Å². The summed E-state index contributed by atoms with van der Waals surface area (Å²) in [4.78, 5) is 16.5. The molecule has 1 amide bonds. The number of nitrogens with zero attached hydrogens (tertiary/aromatic N) is 4. The third kappa shape index (κ3) is 3.35. The zero-order valence-electron chi connectivity index (χ0n) is 13.7. The van der Waals surface area contributed by atoms with Crippen LogP contribution in [0.2, 0.25) is 0 Å². The SMILES string of the molecule is Cc1ccc(-c2noc(-c3cccc(NC(=O)c4csnn4)c3)n2)cc1. The van der Waals surface area contributed by atoms with Crippen molar-refractivity contribution in [1.82, 2.24) is 19.7 Å². The normalized spacial score (nSPS) is 10.7. The van der Waals surface area contributed by atoms with E-state index >= 15 is 0 Å². The van der Waals surface area contributed by atoms with Gasteiger partial charge in [0.15, 0.2) is 5.69 Å². The van der Waals surface area contributed by atoms with Gasteiger partial charge >= 0.3 is 0 Å². The van der Waals surface area contributed by atoms with E-state index < -0.39 is 0 Å². The van der Waals surface area contributed by atoms with E-state index in [1.54, 1.807) is 23.6 Å². The topological polar surface area (TPSA) is 93.8 Å². The number of nitrogens with one attached hydrogen (secondary N) is 1. The van der Waals surface area contributed by atoms with E-state index in [1.807, 2.05) is 37.3 Å². The van der Waals surface area contributed by atoms with Crippen molar-refractivity contribution in [3.63, 3.8) is 0 Å². The Labute approximate surface area is 152 Å². The van der Waals surface area contributed by atoms with Gasteiger partial charge in [0.05, 0.1) is 0 Å². The molecule has 0 fully saturated rings. The highest BCUT2D eigenvalue weighted by atomic mass is 32.1. The van der Waals surface area contributed by atoms with Crippen molar-refractivity contribution in [1.29, 1.82) is 0 Å². The van der Waals surface area contributed by atoms with Gasteiger partial charge in [0.2, 0.25) is 5.82 Å². The molecular weight excluding hydrogens is 350 g/mol. The standard InChI is InChI=1S/C18H13N5O2S/c1-11-5-7-12(8-6-11)16-20-18(25-22-16)13-3-2-4-14(9-13)19-17(24)15-10-26-23-21-15/h2-10H,1H3,(H,19,24). The highest BCUT2D eigenvalue weighted by molar-refractivity contribution is 7.03. The van der Waals surface area contributed by atoms with Crippen LogP contribution in [0, 0.1) is 6.92 Å². The van der Waals surface area contributed by atoms with E-state index in [2.05, 4.69) is 25.0 Å². The summed E-state index contributed by atoms with van der Waals surface area (Å²) in [6.45, 7) is 2.02. The summed E-state index contributed by atoms with van der Waals surface area (Å²) in [5.74, 6) is 0.580. The fraction of sp³-hybridized carbons (Fsp3) is 0.0556. The number of aromatic nitrogens is 4. The van der Waals surface area contributed by atoms with Gasteiger partial charge in [0, 0.05) is 22.2 Å². The molecule has 0 atom stereocenters. The van der Waals surface area contributed by atoms with E-state index in [4.69, 9.17) is 4.52 Å². The Kier molecular flexibility index (Phi) is 4.24. The fourth-order valence-electron chi connectivity index (χ4n) is 2.35. The van der Waals surface area contributed by atoms with Crippen molar-refractivity contribution < 1.29 is 9.32 Å². The number of benzene rings is 2. The van der Waals surface area contributed by atoms with Crippen LogP contribution in [-0.4, -0.2) is 25.6 Å². The molecule has 0 aliphatic heterocycles. The molecular formula is C18H13N5O2S. The van der Waals surface area contributed by atoms with Crippen molar-refractivity contribution in [2.45, 2.75) is 6.92 Å². The zero-order valence-corrected chi connectivity index (χ0v) is 14.5. The molecule has 0 spiro atoms. The molecule has 0 radical (unpaired) electrons. The number of anilines is 1. The van der Waals surface area contributed by atoms with Crippen LogP contribution in [0.15, 0.2) is 58.4 Å². The second-order valence-electron chi connectivity index (χ2n) is 5.61. The van der Waals surface area contributed by atoms with Gasteiger partial charge in [-0.3, -0.25) is 4.79 Å². The quantitative estimate of drug-likeness (QED) is 0.592. The van der Waals surface area contributed by atoms with Crippen molar-refractivity contribution >= 4 is 23.1 Å². The van der Waals surface area contributed by atoms with Crippen LogP contribution in [0.4, 0.5) is 5.69 Å². The lowest BCUT2D eigenvalue weighted by atomic mass is 10.1. The van der Waals surface area contributed by atoms with E-state index in [9.17, 15) is 4.79 Å². The largest absolute Gasteiger partial charge is 0.334 e. The third-order valence-corrected chi connectivity index (χ3v) is 4.20. The first-order valence-electron chi connectivity index (χ1n) is 7.78. The van der Waals surface area contributed by atoms with Crippen LogP contribution >= 0.6 is 11.5 Å². The minimum Gasteiger partial charge on any atom is -0.334 e. The maximum absolute atomic E-state index is 12.1. The first kappa shape index (κ1) is 16.1. The first-order valence-corrected chi connectivity index (χ1v) is 8.62. The highest BCUT2D eigenvalue weighted by Crippen LogP contribution is 2.24. The number of amides is 1. The number of hydrogen-bond donors (Lipinski definition) is 1. The predicted molar refractivity (Wildman–Crippen MR) is 97.8 cm³/mol. The monoisotopic (exact) mass is 363 g/mol. The molecule has 0 aliphatic carbocycles. The number of carbonyl (C=O) groups excluding carboxylic acids is 1. The van der Waals surface area contributed by atoms with Crippen LogP contribution in [0.3, 0.4) is 0 Å². The second-order valence-corrected chi connectivity index (χ2v) is 6.22. The summed E-state index contributed by atoms with van der Waals surface area (Å²) in [6, 6.07) is 15.1. The van der Waals surface area contributed by atoms with Crippen molar-refractivity contribution in [3.8, 4) is 22.8 Å². The maximum atomic E-state index is 12.1. The van der Waals surface area contributed by atoms with Crippen molar-refractivity contribution in [3.05, 3.63) is 65.2 Å². The minimum absolute atomic E-state index is 0.278. The summed E-state index contributed by atoms with van der Waals surface area (Å²) >= 11 is 1.12. The Balaban J connectivity index is 1.57. The lowest BCUT2D eigenvalue weighted by Crippen LogP contribution is -2.12. The Hall–Kier alpha value is -3.39. The minimum atomic E-state index is -0.318. The molecule has 0 aliphatic rings. The molecule has 2 aromatic carbocycles. The molecule has 0 bridgehead atoms. The first-order chi connectivity index (χ1) is 12.7. The van der Waals surface area contributed by atoms with E-state index in [1.165, 1.54) is 0 Å². The summed E-state index contributed by atoms with van der Waals surface area (Å²) in [5.41, 5.74) is 3.64. The molecule has 0 saturated carbocycles. The molecule has 2 aromatic heterocycles. The van der Waals surface area contributed by atoms with E-state index in [0.717, 1.165) is 22.7 Å². The zero-order chi connectivity index (χ0) is 17.9. The Morgan fingerprint density at radius 3 is 2.73 bits per heavy atom. The Bertz CT molecular complexity index is 1040. The molecule has 4 rings (SSSR count). The molecule has 7 nitrogen and oxygen atoms in total. The van der Waals surface area contributed by atoms with Crippen LogP contribution < -0.4 is 5.32 Å². The molecule has 1 N–H and O–H groups in total. The van der Waals surface area contributed by atoms with Crippen LogP contribution in [0.25, 0.3) is 22.8 Å². The number of carbonyl (C=O) groups is 1. The van der Waals surface area contributed by atoms with Gasteiger partial charge in [0.25, 0.3) is 11.8 Å². The summed E-state index contributed by atoms with van der Waals surface area (Å²) < 4.78 is 9.06. The van der Waals surface area contributed by atoms with E-state index in [0.29, 0.717) is 23.0 Å². The smallest absolute Gasteiger partial charge is 0.277 e. The fourth-order valence-corrected chi connectivity index (χ4v) is 2.79. The Morgan fingerprint density at radius 1 is 1.12 bits per heavy atom. The third-order valence-electron chi connectivity index (χ3n) is 3.70. The van der Waals surface area contributed by atoms with Gasteiger partial charge < -0.3 is 9.84 Å². The molecule has 26 heavy (non-hydrogen) atoms. The van der Waals surface area contributed by atoms with Crippen molar-refractivity contribution in [2.75, 3.05) is 5.32 Å². The predicted octanol–water partition coefficient (Wildman–Crippen LogP) is 3.82. The number of aryl methyl sites for hydroxylation is 1. The summed E-state index contributed by atoms with van der Waals surface area (Å²) in [6.07, 6.45) is 0. The summed E-state index contributed by atoms with van der Waals surface area (Å²) in [5, 5.41) is 12.1. The van der Waals surface area contributed by atoms with Gasteiger partial charge in [-0.2, -0.15) is 4.98 Å². The van der Waals surface area contributed by atoms with E-state index in [-0.39, 0.29) is 11.6 Å². The lowest BCUT2D eigenvalue weighted by Gasteiger charge is -2.03. The maximum Gasteiger partial charge on any atom is 0.277 e. The number of hydrogen-bond acceptors (Lipinski definition) is 7. The average Bonchev–Trinajstić information content (AvgIpc) is 3.35. The molecule has 0 unspecified atom stereocenters. The molecule has 2 heterocycles. The average molecular weight is 363 g/mol. The van der Waals surface area contributed by atoms with Crippen LogP contribution in [-0.2, 0) is 0 Å².